The Labute approximate surface area is 65.8 Å². The highest BCUT2D eigenvalue weighted by molar-refractivity contribution is 5.71. The zero-order valence-electron chi connectivity index (χ0n) is 6.78. The number of aliphatic hydroxyl groups is 1. The number of carboxylic acids is 1. The van der Waals surface area contributed by atoms with Gasteiger partial charge in [-0.15, -0.1) is 0 Å². The monoisotopic (exact) mass is 162 g/mol. The van der Waals surface area contributed by atoms with Crippen LogP contribution in [0.5, 0.6) is 0 Å². The molecule has 0 aliphatic rings. The molecule has 0 aromatic heterocycles. The highest BCUT2D eigenvalue weighted by Gasteiger charge is 2.10. The molecule has 0 aliphatic carbocycles. The Kier molecular flexibility index (Phi) is 4.81. The number of hydrogen-bond acceptors (Lipinski definition) is 3. The van der Waals surface area contributed by atoms with E-state index < -0.39 is 18.2 Å². The molecule has 0 heterocycles. The summed E-state index contributed by atoms with van der Waals surface area (Å²) in [6, 6.07) is 0. The van der Waals surface area contributed by atoms with Crippen molar-refractivity contribution in [1.82, 2.24) is 0 Å². The van der Waals surface area contributed by atoms with E-state index in [4.69, 9.17) is 14.9 Å². The van der Waals surface area contributed by atoms with E-state index in [2.05, 4.69) is 0 Å². The summed E-state index contributed by atoms with van der Waals surface area (Å²) in [4.78, 5) is 10.2. The van der Waals surface area contributed by atoms with Gasteiger partial charge in [0.15, 0.2) is 6.10 Å². The molecule has 0 saturated carbocycles. The van der Waals surface area contributed by atoms with Gasteiger partial charge in [-0.3, -0.25) is 0 Å². The maximum Gasteiger partial charge on any atom is 0.332 e. The molecule has 0 aromatic carbocycles. The summed E-state index contributed by atoms with van der Waals surface area (Å²) in [5.74, 6) is -0.976. The molecule has 1 unspecified atom stereocenters. The van der Waals surface area contributed by atoms with E-state index in [1.165, 1.54) is 6.92 Å². The van der Waals surface area contributed by atoms with Crippen LogP contribution in [0, 0.1) is 0 Å². The maximum atomic E-state index is 10.2. The van der Waals surface area contributed by atoms with Gasteiger partial charge in [0.25, 0.3) is 0 Å². The molecular weight excluding hydrogens is 148 g/mol. The number of aliphatic hydroxyl groups excluding tert-OH is 1. The Balaban J connectivity index is 3.31. The van der Waals surface area contributed by atoms with Crippen LogP contribution in [-0.4, -0.2) is 35.0 Å². The van der Waals surface area contributed by atoms with Gasteiger partial charge in [-0.2, -0.15) is 0 Å². The number of rotatable bonds is 5. The largest absolute Gasteiger partial charge is 0.479 e. The lowest BCUT2D eigenvalue weighted by molar-refractivity contribution is -0.149. The molecule has 0 aromatic rings. The van der Waals surface area contributed by atoms with Gasteiger partial charge in [0.2, 0.25) is 0 Å². The van der Waals surface area contributed by atoms with Crippen molar-refractivity contribution in [2.24, 2.45) is 0 Å². The van der Waals surface area contributed by atoms with Crippen LogP contribution in [0.2, 0.25) is 0 Å². The van der Waals surface area contributed by atoms with Gasteiger partial charge in [0, 0.05) is 0 Å². The van der Waals surface area contributed by atoms with Crippen LogP contribution >= 0.6 is 0 Å². The molecule has 0 radical (unpaired) electrons. The first-order chi connectivity index (χ1) is 5.04. The maximum absolute atomic E-state index is 10.2. The minimum Gasteiger partial charge on any atom is -0.479 e. The quantitative estimate of drug-likeness (QED) is 0.608. The first-order valence-corrected chi connectivity index (χ1v) is 3.56. The number of aliphatic carboxylic acids is 1. The molecule has 0 rings (SSSR count). The molecule has 4 nitrogen and oxygen atoms in total. The molecule has 0 spiro atoms. The van der Waals surface area contributed by atoms with Crippen molar-refractivity contribution >= 4 is 5.97 Å². The van der Waals surface area contributed by atoms with Gasteiger partial charge in [-0.1, -0.05) is 0 Å². The number of carboxylic acid groups (broad SMARTS) is 1. The summed E-state index contributed by atoms with van der Waals surface area (Å²) in [5, 5.41) is 17.1. The lowest BCUT2D eigenvalue weighted by Gasteiger charge is -2.08. The Morgan fingerprint density at radius 2 is 2.09 bits per heavy atom. The zero-order valence-corrected chi connectivity index (χ0v) is 6.78. The van der Waals surface area contributed by atoms with Gasteiger partial charge in [-0.25, -0.2) is 4.79 Å². The second-order valence-corrected chi connectivity index (χ2v) is 2.49. The Morgan fingerprint density at radius 1 is 1.55 bits per heavy atom. The molecule has 2 N–H and O–H groups in total. The fourth-order valence-corrected chi connectivity index (χ4v) is 0.487. The van der Waals surface area contributed by atoms with E-state index in [0.717, 1.165) is 0 Å². The van der Waals surface area contributed by atoms with E-state index in [1.54, 1.807) is 6.92 Å². The average molecular weight is 162 g/mol. The summed E-state index contributed by atoms with van der Waals surface area (Å²) in [6.45, 7) is 3.38. The summed E-state index contributed by atoms with van der Waals surface area (Å²) in [6.07, 6.45) is -0.748. The predicted octanol–water partition coefficient (Wildman–Crippen LogP) is 0.247. The van der Waals surface area contributed by atoms with Gasteiger partial charge < -0.3 is 14.9 Å². The Morgan fingerprint density at radius 3 is 2.45 bits per heavy atom. The topological polar surface area (TPSA) is 66.8 Å². The van der Waals surface area contributed by atoms with E-state index in [9.17, 15) is 4.79 Å². The van der Waals surface area contributed by atoms with Crippen molar-refractivity contribution in [3.63, 3.8) is 0 Å². The average Bonchev–Trinajstić information content (AvgIpc) is 1.86. The van der Waals surface area contributed by atoms with E-state index in [1.807, 2.05) is 0 Å². The second kappa shape index (κ2) is 5.09. The van der Waals surface area contributed by atoms with Crippen LogP contribution < -0.4 is 0 Å². The summed E-state index contributed by atoms with van der Waals surface area (Å²) in [5.41, 5.74) is 0. The van der Waals surface area contributed by atoms with E-state index >= 15 is 0 Å². The van der Waals surface area contributed by atoms with Gasteiger partial charge in [0.05, 0.1) is 12.7 Å². The van der Waals surface area contributed by atoms with Crippen LogP contribution in [0.15, 0.2) is 0 Å². The third kappa shape index (κ3) is 5.82. The van der Waals surface area contributed by atoms with Gasteiger partial charge in [-0.05, 0) is 20.3 Å². The minimum atomic E-state index is -0.976. The molecule has 66 valence electrons. The molecule has 11 heavy (non-hydrogen) atoms. The number of carbonyl (C=O) groups is 1. The summed E-state index contributed by atoms with van der Waals surface area (Å²) < 4.78 is 4.85. The highest BCUT2D eigenvalue weighted by atomic mass is 16.5. The second-order valence-electron chi connectivity index (χ2n) is 2.49. The van der Waals surface area contributed by atoms with Crippen molar-refractivity contribution in [3.8, 4) is 0 Å². The number of hydrogen-bond donors (Lipinski definition) is 2. The van der Waals surface area contributed by atoms with Gasteiger partial charge >= 0.3 is 5.97 Å². The Hall–Kier alpha value is -0.610. The van der Waals surface area contributed by atoms with Crippen molar-refractivity contribution < 1.29 is 19.7 Å². The summed E-state index contributed by atoms with van der Waals surface area (Å²) in [7, 11) is 0. The smallest absolute Gasteiger partial charge is 0.332 e. The SMILES string of the molecule is CC(O)CCO[C@@H](C)C(=O)O. The molecule has 0 bridgehead atoms. The fraction of sp³-hybridized carbons (Fsp3) is 0.857. The lowest BCUT2D eigenvalue weighted by Crippen LogP contribution is -2.21. The summed E-state index contributed by atoms with van der Waals surface area (Å²) >= 11 is 0. The minimum absolute atomic E-state index is 0.283. The normalized spacial score (nSPS) is 15.9. The molecule has 0 saturated heterocycles. The van der Waals surface area contributed by atoms with Crippen LogP contribution in [0.3, 0.4) is 0 Å². The van der Waals surface area contributed by atoms with Crippen LogP contribution in [0.25, 0.3) is 0 Å². The van der Waals surface area contributed by atoms with Crippen LogP contribution in [0.1, 0.15) is 20.3 Å². The molecule has 0 amide bonds. The molecular formula is C7H14O4. The number of ether oxygens (including phenoxy) is 1. The third-order valence-corrected chi connectivity index (χ3v) is 1.25. The highest BCUT2D eigenvalue weighted by Crippen LogP contribution is 1.95. The molecule has 0 fully saturated rings. The zero-order chi connectivity index (χ0) is 8.85. The van der Waals surface area contributed by atoms with Crippen LogP contribution in [-0.2, 0) is 9.53 Å². The van der Waals surface area contributed by atoms with Crippen molar-refractivity contribution in [2.45, 2.75) is 32.5 Å². The van der Waals surface area contributed by atoms with Crippen molar-refractivity contribution in [3.05, 3.63) is 0 Å². The molecule has 2 atom stereocenters. The standard InChI is InChI=1S/C7H14O4/c1-5(8)3-4-11-6(2)7(9)10/h5-6,8H,3-4H2,1-2H3,(H,9,10)/t5?,6-/m0/s1. The fourth-order valence-electron chi connectivity index (χ4n) is 0.487. The van der Waals surface area contributed by atoms with Crippen molar-refractivity contribution in [2.75, 3.05) is 6.61 Å². The third-order valence-electron chi connectivity index (χ3n) is 1.25. The molecule has 0 aliphatic heterocycles. The van der Waals surface area contributed by atoms with Crippen molar-refractivity contribution in [1.29, 1.82) is 0 Å². The lowest BCUT2D eigenvalue weighted by atomic mass is 10.3. The first-order valence-electron chi connectivity index (χ1n) is 3.56. The molecule has 4 heteroatoms. The van der Waals surface area contributed by atoms with Crippen LogP contribution in [0.4, 0.5) is 0 Å². The van der Waals surface area contributed by atoms with E-state index in [0.29, 0.717) is 6.42 Å². The Bertz CT molecular complexity index is 122. The first kappa shape index (κ1) is 10.4. The van der Waals surface area contributed by atoms with Gasteiger partial charge in [0.1, 0.15) is 0 Å². The van der Waals surface area contributed by atoms with E-state index in [-0.39, 0.29) is 6.61 Å². The predicted molar refractivity (Wildman–Crippen MR) is 39.3 cm³/mol.